The Morgan fingerprint density at radius 2 is 1.50 bits per heavy atom. The summed E-state index contributed by atoms with van der Waals surface area (Å²) in [5.41, 5.74) is 2.47. The van der Waals surface area contributed by atoms with E-state index in [0.717, 1.165) is 24.2 Å². The molecule has 0 bridgehead atoms. The average Bonchev–Trinajstić information content (AvgIpc) is 2.53. The van der Waals surface area contributed by atoms with Crippen molar-refractivity contribution in [2.45, 2.75) is 57.7 Å². The van der Waals surface area contributed by atoms with Crippen molar-refractivity contribution >= 4 is 17.3 Å². The van der Waals surface area contributed by atoms with Gasteiger partial charge in [-0.25, -0.2) is 0 Å². The maximum Gasteiger partial charge on any atom is 0.253 e. The molecule has 1 heterocycles. The average molecular weight is 351 g/mol. The third-order valence-electron chi connectivity index (χ3n) is 4.75. The van der Waals surface area contributed by atoms with Gasteiger partial charge in [0.2, 0.25) is 0 Å². The third-order valence-corrected chi connectivity index (χ3v) is 4.75. The van der Waals surface area contributed by atoms with Gasteiger partial charge in [0, 0.05) is 22.8 Å². The quantitative estimate of drug-likeness (QED) is 0.762. The fourth-order valence-corrected chi connectivity index (χ4v) is 4.15. The van der Waals surface area contributed by atoms with Crippen molar-refractivity contribution < 1.29 is 4.79 Å². The number of amides is 1. The molecule has 3 N–H and O–H groups in total. The van der Waals surface area contributed by atoms with E-state index in [-0.39, 0.29) is 23.0 Å². The first-order valence-corrected chi connectivity index (χ1v) is 9.25. The van der Waals surface area contributed by atoms with Crippen LogP contribution in [0.25, 0.3) is 0 Å². The van der Waals surface area contributed by atoms with Crippen molar-refractivity contribution in [2.24, 2.45) is 0 Å². The van der Waals surface area contributed by atoms with Gasteiger partial charge in [0.1, 0.15) is 0 Å². The third kappa shape index (κ3) is 4.64. The summed E-state index contributed by atoms with van der Waals surface area (Å²) in [5.74, 6) is -0.0254. The summed E-state index contributed by atoms with van der Waals surface area (Å²) in [5, 5.41) is 10.3. The standard InChI is InChI=1S/C22H29N3O/c1-21(2)14-17(15-22(3,4)25-21)24-20(26)18-12-8-9-13-19(18)23-16-10-6-5-7-11-16/h5-13,17,23,25H,14-15H2,1-4H3,(H,24,26). The lowest BCUT2D eigenvalue weighted by atomic mass is 9.79. The van der Waals surface area contributed by atoms with Crippen molar-refractivity contribution in [3.05, 3.63) is 60.2 Å². The molecule has 4 nitrogen and oxygen atoms in total. The molecule has 4 heteroatoms. The minimum absolute atomic E-state index is 0.00149. The Morgan fingerprint density at radius 1 is 0.923 bits per heavy atom. The first-order valence-electron chi connectivity index (χ1n) is 9.25. The topological polar surface area (TPSA) is 53.2 Å². The van der Waals surface area contributed by atoms with Gasteiger partial charge in [0.05, 0.1) is 11.3 Å². The second-order valence-corrected chi connectivity index (χ2v) is 8.51. The summed E-state index contributed by atoms with van der Waals surface area (Å²) in [6.07, 6.45) is 1.83. The van der Waals surface area contributed by atoms with E-state index >= 15 is 0 Å². The van der Waals surface area contributed by atoms with Crippen LogP contribution in [0.15, 0.2) is 54.6 Å². The minimum atomic E-state index is -0.0254. The maximum atomic E-state index is 13.0. The van der Waals surface area contributed by atoms with Crippen LogP contribution in [0.5, 0.6) is 0 Å². The molecular formula is C22H29N3O. The Kier molecular flexibility index (Phi) is 5.05. The maximum absolute atomic E-state index is 13.0. The molecule has 3 rings (SSSR count). The molecule has 1 amide bonds. The van der Waals surface area contributed by atoms with E-state index in [1.807, 2.05) is 54.6 Å². The molecule has 1 aliphatic rings. The smallest absolute Gasteiger partial charge is 0.253 e. The van der Waals surface area contributed by atoms with Crippen LogP contribution in [-0.2, 0) is 0 Å². The number of hydrogen-bond acceptors (Lipinski definition) is 3. The summed E-state index contributed by atoms with van der Waals surface area (Å²) in [4.78, 5) is 13.0. The van der Waals surface area contributed by atoms with Crippen LogP contribution in [0.3, 0.4) is 0 Å². The molecule has 2 aromatic rings. The number of hydrogen-bond donors (Lipinski definition) is 3. The normalized spacial score (nSPS) is 18.9. The highest BCUT2D eigenvalue weighted by Gasteiger charge is 2.38. The van der Waals surface area contributed by atoms with Gasteiger partial charge in [-0.1, -0.05) is 30.3 Å². The summed E-state index contributed by atoms with van der Waals surface area (Å²) < 4.78 is 0. The van der Waals surface area contributed by atoms with Gasteiger partial charge < -0.3 is 16.0 Å². The number of nitrogens with one attached hydrogen (secondary N) is 3. The van der Waals surface area contributed by atoms with Gasteiger partial charge in [-0.05, 0) is 64.8 Å². The Labute approximate surface area is 156 Å². The van der Waals surface area contributed by atoms with Gasteiger partial charge in [-0.2, -0.15) is 0 Å². The van der Waals surface area contributed by atoms with Crippen molar-refractivity contribution in [3.63, 3.8) is 0 Å². The zero-order valence-electron chi connectivity index (χ0n) is 16.1. The molecule has 1 aliphatic heterocycles. The van der Waals surface area contributed by atoms with E-state index in [0.29, 0.717) is 5.56 Å². The van der Waals surface area contributed by atoms with Crippen molar-refractivity contribution in [1.29, 1.82) is 0 Å². The highest BCUT2D eigenvalue weighted by molar-refractivity contribution is 6.00. The molecule has 1 saturated heterocycles. The van der Waals surface area contributed by atoms with Crippen LogP contribution < -0.4 is 16.0 Å². The van der Waals surface area contributed by atoms with Crippen LogP contribution >= 0.6 is 0 Å². The van der Waals surface area contributed by atoms with Crippen LogP contribution in [0, 0.1) is 0 Å². The lowest BCUT2D eigenvalue weighted by molar-refractivity contribution is 0.0874. The lowest BCUT2D eigenvalue weighted by Crippen LogP contribution is -2.62. The second-order valence-electron chi connectivity index (χ2n) is 8.51. The Balaban J connectivity index is 1.76. The largest absolute Gasteiger partial charge is 0.355 e. The van der Waals surface area contributed by atoms with Crippen molar-refractivity contribution in [2.75, 3.05) is 5.32 Å². The summed E-state index contributed by atoms with van der Waals surface area (Å²) in [7, 11) is 0. The Morgan fingerprint density at radius 3 is 2.15 bits per heavy atom. The lowest BCUT2D eigenvalue weighted by Gasteiger charge is -2.46. The van der Waals surface area contributed by atoms with Gasteiger partial charge in [0.15, 0.2) is 0 Å². The number of rotatable bonds is 4. The van der Waals surface area contributed by atoms with Crippen molar-refractivity contribution in [3.8, 4) is 0 Å². The number of benzene rings is 2. The summed E-state index contributed by atoms with van der Waals surface area (Å²) >= 11 is 0. The summed E-state index contributed by atoms with van der Waals surface area (Å²) in [6, 6.07) is 17.7. The van der Waals surface area contributed by atoms with Gasteiger partial charge in [0.25, 0.3) is 5.91 Å². The number of para-hydroxylation sites is 2. The monoisotopic (exact) mass is 351 g/mol. The highest BCUT2D eigenvalue weighted by Crippen LogP contribution is 2.29. The number of carbonyl (C=O) groups excluding carboxylic acids is 1. The fraction of sp³-hybridized carbons (Fsp3) is 0.409. The van der Waals surface area contributed by atoms with Crippen LogP contribution in [0.1, 0.15) is 50.9 Å². The van der Waals surface area contributed by atoms with Gasteiger partial charge in [-0.15, -0.1) is 0 Å². The molecule has 0 radical (unpaired) electrons. The Hall–Kier alpha value is -2.33. The molecule has 138 valence electrons. The first kappa shape index (κ1) is 18.5. The van der Waals surface area contributed by atoms with Gasteiger partial charge in [-0.3, -0.25) is 4.79 Å². The molecule has 0 saturated carbocycles. The molecule has 1 fully saturated rings. The van der Waals surface area contributed by atoms with Crippen LogP contribution in [0.4, 0.5) is 11.4 Å². The predicted octanol–water partition coefficient (Wildman–Crippen LogP) is 4.47. The number of anilines is 2. The zero-order valence-corrected chi connectivity index (χ0v) is 16.1. The Bertz CT molecular complexity index is 752. The van der Waals surface area contributed by atoms with E-state index in [4.69, 9.17) is 0 Å². The summed E-state index contributed by atoms with van der Waals surface area (Å²) in [6.45, 7) is 8.77. The molecule has 0 spiro atoms. The first-order chi connectivity index (χ1) is 12.2. The molecule has 26 heavy (non-hydrogen) atoms. The molecule has 0 aliphatic carbocycles. The van der Waals surface area contributed by atoms with Crippen LogP contribution in [-0.4, -0.2) is 23.0 Å². The van der Waals surface area contributed by atoms with Crippen LogP contribution in [0.2, 0.25) is 0 Å². The fourth-order valence-electron chi connectivity index (χ4n) is 4.15. The van der Waals surface area contributed by atoms with Crippen molar-refractivity contribution in [1.82, 2.24) is 10.6 Å². The predicted molar refractivity (Wildman–Crippen MR) is 108 cm³/mol. The van der Waals surface area contributed by atoms with E-state index in [1.165, 1.54) is 0 Å². The van der Waals surface area contributed by atoms with E-state index in [1.54, 1.807) is 0 Å². The van der Waals surface area contributed by atoms with E-state index in [9.17, 15) is 4.79 Å². The van der Waals surface area contributed by atoms with E-state index in [2.05, 4.69) is 43.6 Å². The second kappa shape index (κ2) is 7.12. The molecule has 0 unspecified atom stereocenters. The molecular weight excluding hydrogens is 322 g/mol. The molecule has 0 atom stereocenters. The zero-order chi connectivity index (χ0) is 18.8. The molecule has 2 aromatic carbocycles. The van der Waals surface area contributed by atoms with Gasteiger partial charge >= 0.3 is 0 Å². The van der Waals surface area contributed by atoms with E-state index < -0.39 is 0 Å². The highest BCUT2D eigenvalue weighted by atomic mass is 16.1. The SMILES string of the molecule is CC1(C)CC(NC(=O)c2ccccc2Nc2ccccc2)CC(C)(C)N1. The minimum Gasteiger partial charge on any atom is -0.355 e. The number of piperidine rings is 1. The molecule has 0 aromatic heterocycles. The number of carbonyl (C=O) groups is 1.